The summed E-state index contributed by atoms with van der Waals surface area (Å²) in [5, 5.41) is 8.79. The largest absolute Gasteiger partial charge is 0.691 e. The molecule has 0 aromatic rings. The molecule has 0 saturated heterocycles. The number of carbonyl (C=O) groups is 1. The molecule has 0 atom stereocenters. The zero-order valence-electron chi connectivity index (χ0n) is 11.7. The lowest BCUT2D eigenvalue weighted by Gasteiger charge is -2.59. The molecule has 0 N–H and O–H groups in total. The number of rotatable bonds is 5. The van der Waals surface area contributed by atoms with Crippen molar-refractivity contribution in [2.45, 2.75) is 49.3 Å². The lowest BCUT2D eigenvalue weighted by Crippen LogP contribution is -2.62. The molecule has 120 valence electrons. The van der Waals surface area contributed by atoms with Gasteiger partial charge in [-0.2, -0.15) is 13.1 Å². The van der Waals surface area contributed by atoms with E-state index in [0.717, 1.165) is 19.3 Å². The summed E-state index contributed by atoms with van der Waals surface area (Å²) >= 11 is -0.540. The first-order valence-electron chi connectivity index (χ1n) is 7.17. The van der Waals surface area contributed by atoms with E-state index in [2.05, 4.69) is 9.37 Å². The maximum atomic E-state index is 13.8. The van der Waals surface area contributed by atoms with Crippen LogP contribution in [0.3, 0.4) is 0 Å². The van der Waals surface area contributed by atoms with Gasteiger partial charge in [0.1, 0.15) is 12.0 Å². The fraction of sp³-hybridized carbons (Fsp3) is 0.923. The van der Waals surface area contributed by atoms with E-state index in [1.54, 1.807) is 0 Å². The van der Waals surface area contributed by atoms with E-state index in [1.807, 2.05) is 0 Å². The Balaban J connectivity index is 1.75. The molecule has 5 nitrogen and oxygen atoms in total. The van der Waals surface area contributed by atoms with Crippen LogP contribution in [-0.2, 0) is 14.2 Å². The van der Waals surface area contributed by atoms with Gasteiger partial charge in [-0.3, -0.25) is 9.83 Å². The zero-order valence-corrected chi connectivity index (χ0v) is 12.5. The summed E-state index contributed by atoms with van der Waals surface area (Å²) in [6, 6.07) is 0. The van der Waals surface area contributed by atoms with Gasteiger partial charge in [-0.25, -0.2) is 0 Å². The van der Waals surface area contributed by atoms with Gasteiger partial charge < -0.3 is 10.2 Å². The topological polar surface area (TPSA) is 61.8 Å². The molecule has 4 aliphatic carbocycles. The first-order valence-corrected chi connectivity index (χ1v) is 7.91. The molecule has 1 amide bonds. The van der Waals surface area contributed by atoms with Crippen LogP contribution in [0, 0.1) is 17.8 Å². The van der Waals surface area contributed by atoms with Crippen LogP contribution in [0.2, 0.25) is 0 Å². The fourth-order valence-corrected chi connectivity index (χ4v) is 5.30. The molecule has 0 unspecified atom stereocenters. The highest BCUT2D eigenvalue weighted by Gasteiger charge is 2.57. The van der Waals surface area contributed by atoms with Crippen molar-refractivity contribution < 1.29 is 28.2 Å². The van der Waals surface area contributed by atoms with Gasteiger partial charge in [0.05, 0.1) is 0 Å². The normalized spacial score (nSPS) is 37.8. The minimum absolute atomic E-state index is 0.450. The van der Waals surface area contributed by atoms with E-state index in [4.69, 9.17) is 0 Å². The SMILES string of the molecule is CN(C(=O)C(F)(F)SOO[O-])C12CC3CC(CC(C3)C1)C2. The monoisotopic (exact) mass is 322 g/mol. The lowest BCUT2D eigenvalue weighted by molar-refractivity contribution is -0.777. The van der Waals surface area contributed by atoms with E-state index in [-0.39, 0.29) is 0 Å². The Morgan fingerprint density at radius 1 is 1.24 bits per heavy atom. The second-order valence-electron chi connectivity index (χ2n) is 6.74. The summed E-state index contributed by atoms with van der Waals surface area (Å²) in [7, 11) is 1.45. The molecule has 0 heterocycles. The van der Waals surface area contributed by atoms with Gasteiger partial charge in [0.15, 0.2) is 0 Å². The van der Waals surface area contributed by atoms with Gasteiger partial charge in [0.25, 0.3) is 0 Å². The van der Waals surface area contributed by atoms with Gasteiger partial charge in [0, 0.05) is 12.6 Å². The van der Waals surface area contributed by atoms with Gasteiger partial charge in [-0.05, 0) is 56.3 Å². The first-order chi connectivity index (χ1) is 9.86. The van der Waals surface area contributed by atoms with Crippen LogP contribution in [0.1, 0.15) is 38.5 Å². The third-order valence-electron chi connectivity index (χ3n) is 5.44. The standard InChI is InChI=1S/C13H19F2NO4S/c1-16(11(17)13(14,15)21-20-19-18)12-5-8-2-9(6-12)4-10(3-8)7-12/h8-10,18H,2-7H2,1H3/p-1. The molecular formula is C13H18F2NO4S-. The van der Waals surface area contributed by atoms with Crippen molar-refractivity contribution in [2.24, 2.45) is 17.8 Å². The highest BCUT2D eigenvalue weighted by molar-refractivity contribution is 7.96. The summed E-state index contributed by atoms with van der Waals surface area (Å²) in [5.74, 6) is 0.337. The van der Waals surface area contributed by atoms with Crippen LogP contribution >= 0.6 is 12.0 Å². The van der Waals surface area contributed by atoms with Crippen molar-refractivity contribution in [3.8, 4) is 0 Å². The van der Waals surface area contributed by atoms with Crippen molar-refractivity contribution in [2.75, 3.05) is 7.05 Å². The van der Waals surface area contributed by atoms with Gasteiger partial charge in [0.2, 0.25) is 0 Å². The molecular weight excluding hydrogens is 304 g/mol. The molecule has 4 rings (SSSR count). The third-order valence-corrected chi connectivity index (χ3v) is 5.95. The minimum atomic E-state index is -3.82. The Morgan fingerprint density at radius 2 is 1.71 bits per heavy atom. The maximum absolute atomic E-state index is 13.8. The molecule has 0 radical (unpaired) electrons. The Labute approximate surface area is 126 Å². The van der Waals surface area contributed by atoms with Crippen LogP contribution in [0.25, 0.3) is 0 Å². The second kappa shape index (κ2) is 5.33. The number of alkyl halides is 2. The van der Waals surface area contributed by atoms with Crippen LogP contribution in [-0.4, -0.2) is 28.6 Å². The average molecular weight is 322 g/mol. The Bertz CT molecular complexity index is 399. The molecule has 21 heavy (non-hydrogen) atoms. The fourth-order valence-electron chi connectivity index (χ4n) is 4.98. The minimum Gasteiger partial charge on any atom is -0.691 e. The molecule has 0 aromatic carbocycles. The smallest absolute Gasteiger partial charge is 0.397 e. The number of hydrogen-bond donors (Lipinski definition) is 0. The average Bonchev–Trinajstić information content (AvgIpc) is 2.42. The number of carbonyl (C=O) groups excluding carboxylic acids is 1. The van der Waals surface area contributed by atoms with E-state index in [9.17, 15) is 18.8 Å². The van der Waals surface area contributed by atoms with Crippen LogP contribution in [0.5, 0.6) is 0 Å². The number of nitrogens with zero attached hydrogens (tertiary/aromatic N) is 1. The van der Waals surface area contributed by atoms with Crippen LogP contribution < -0.4 is 5.26 Å². The van der Waals surface area contributed by atoms with Crippen LogP contribution in [0.15, 0.2) is 0 Å². The lowest BCUT2D eigenvalue weighted by atomic mass is 9.52. The van der Waals surface area contributed by atoms with Gasteiger partial charge in [-0.1, -0.05) is 0 Å². The van der Waals surface area contributed by atoms with Crippen molar-refractivity contribution in [3.63, 3.8) is 0 Å². The summed E-state index contributed by atoms with van der Waals surface area (Å²) in [4.78, 5) is 13.3. The number of amides is 1. The Morgan fingerprint density at radius 3 is 2.14 bits per heavy atom. The van der Waals surface area contributed by atoms with E-state index < -0.39 is 28.7 Å². The molecule has 4 aliphatic rings. The quantitative estimate of drug-likeness (QED) is 0.439. The predicted octanol–water partition coefficient (Wildman–Crippen LogP) is 1.88. The first kappa shape index (κ1) is 15.5. The molecule has 4 fully saturated rings. The molecule has 0 aliphatic heterocycles. The molecule has 4 saturated carbocycles. The molecule has 4 bridgehead atoms. The van der Waals surface area contributed by atoms with Crippen molar-refractivity contribution in [3.05, 3.63) is 0 Å². The Kier molecular flexibility index (Phi) is 3.92. The molecule has 8 heteroatoms. The van der Waals surface area contributed by atoms with E-state index >= 15 is 0 Å². The third kappa shape index (κ3) is 2.67. The van der Waals surface area contributed by atoms with E-state index in [1.165, 1.54) is 31.2 Å². The zero-order chi connectivity index (χ0) is 15.3. The highest BCUT2D eigenvalue weighted by atomic mass is 32.2. The van der Waals surface area contributed by atoms with Gasteiger partial charge >= 0.3 is 11.2 Å². The van der Waals surface area contributed by atoms with Crippen LogP contribution in [0.4, 0.5) is 8.78 Å². The summed E-state index contributed by atoms with van der Waals surface area (Å²) in [6.45, 7) is 0. The van der Waals surface area contributed by atoms with Crippen molar-refractivity contribution >= 4 is 17.9 Å². The predicted molar refractivity (Wildman–Crippen MR) is 68.4 cm³/mol. The number of hydrogen-bond acceptors (Lipinski definition) is 5. The summed E-state index contributed by atoms with van der Waals surface area (Å²) in [5.41, 5.74) is -0.450. The van der Waals surface area contributed by atoms with Crippen molar-refractivity contribution in [1.82, 2.24) is 4.90 Å². The van der Waals surface area contributed by atoms with Gasteiger partial charge in [-0.15, -0.1) is 0 Å². The highest BCUT2D eigenvalue weighted by Crippen LogP contribution is 2.58. The molecule has 0 spiro atoms. The van der Waals surface area contributed by atoms with E-state index in [0.29, 0.717) is 17.8 Å². The second-order valence-corrected chi connectivity index (χ2v) is 7.56. The Hall–Kier alpha value is -0.440. The summed E-state index contributed by atoms with van der Waals surface area (Å²) < 4.78 is 31.2. The van der Waals surface area contributed by atoms with Crippen molar-refractivity contribution in [1.29, 1.82) is 0 Å². The number of halogens is 2. The maximum Gasteiger partial charge on any atom is 0.397 e. The molecule has 0 aromatic heterocycles. The summed E-state index contributed by atoms with van der Waals surface area (Å²) in [6.07, 6.45) is 5.92.